The third kappa shape index (κ3) is 4.73. The molecule has 0 unspecified atom stereocenters. The second-order valence-corrected chi connectivity index (χ2v) is 6.53. The highest BCUT2D eigenvalue weighted by molar-refractivity contribution is 7.10. The SMILES string of the molecule is O[C@H](CN(Cc1ccccc1)Cc1cccnc1)c1cccs1. The highest BCUT2D eigenvalue weighted by Gasteiger charge is 2.15. The van der Waals surface area contributed by atoms with Crippen molar-refractivity contribution in [3.05, 3.63) is 88.4 Å². The van der Waals surface area contributed by atoms with Gasteiger partial charge >= 0.3 is 0 Å². The molecular weight excluding hydrogens is 304 g/mol. The van der Waals surface area contributed by atoms with Crippen LogP contribution in [0.2, 0.25) is 0 Å². The third-order valence-electron chi connectivity index (χ3n) is 3.68. The third-order valence-corrected chi connectivity index (χ3v) is 4.65. The molecule has 0 bridgehead atoms. The molecule has 2 aromatic heterocycles. The molecule has 0 aliphatic heterocycles. The second-order valence-electron chi connectivity index (χ2n) is 5.55. The summed E-state index contributed by atoms with van der Waals surface area (Å²) in [6, 6.07) is 18.3. The first-order chi connectivity index (χ1) is 11.3. The van der Waals surface area contributed by atoms with Crippen LogP contribution in [0, 0.1) is 0 Å². The molecule has 0 amide bonds. The molecule has 3 rings (SSSR count). The summed E-state index contributed by atoms with van der Waals surface area (Å²) in [7, 11) is 0. The summed E-state index contributed by atoms with van der Waals surface area (Å²) in [4.78, 5) is 7.46. The molecule has 1 atom stereocenters. The fraction of sp³-hybridized carbons (Fsp3) is 0.211. The van der Waals surface area contributed by atoms with Crippen LogP contribution in [0.1, 0.15) is 22.1 Å². The Balaban J connectivity index is 1.72. The van der Waals surface area contributed by atoms with Gasteiger partial charge in [0.2, 0.25) is 0 Å². The van der Waals surface area contributed by atoms with E-state index in [0.717, 1.165) is 23.5 Å². The number of hydrogen-bond donors (Lipinski definition) is 1. The minimum absolute atomic E-state index is 0.463. The Morgan fingerprint density at radius 2 is 1.74 bits per heavy atom. The lowest BCUT2D eigenvalue weighted by atomic mass is 10.1. The zero-order valence-corrected chi connectivity index (χ0v) is 13.7. The zero-order valence-electron chi connectivity index (χ0n) is 12.9. The fourth-order valence-electron chi connectivity index (χ4n) is 2.59. The molecular formula is C19H20N2OS. The number of nitrogens with zero attached hydrogens (tertiary/aromatic N) is 2. The average molecular weight is 324 g/mol. The predicted octanol–water partition coefficient (Wildman–Crippen LogP) is 3.88. The first-order valence-corrected chi connectivity index (χ1v) is 8.56. The molecule has 118 valence electrons. The molecule has 3 aromatic rings. The number of benzene rings is 1. The van der Waals surface area contributed by atoms with Crippen LogP contribution in [0.15, 0.2) is 72.4 Å². The van der Waals surface area contributed by atoms with Gasteiger partial charge in [-0.15, -0.1) is 11.3 Å². The molecule has 0 aliphatic rings. The van der Waals surface area contributed by atoms with E-state index in [1.807, 2.05) is 48.0 Å². The predicted molar refractivity (Wildman–Crippen MR) is 94.1 cm³/mol. The van der Waals surface area contributed by atoms with E-state index < -0.39 is 6.10 Å². The average Bonchev–Trinajstić information content (AvgIpc) is 3.11. The van der Waals surface area contributed by atoms with E-state index >= 15 is 0 Å². The van der Waals surface area contributed by atoms with E-state index in [0.29, 0.717) is 6.54 Å². The standard InChI is InChI=1S/C19H20N2OS/c22-18(19-9-5-11-23-19)15-21(13-16-6-2-1-3-7-16)14-17-8-4-10-20-12-17/h1-12,18,22H,13-15H2/t18-/m1/s1. The Morgan fingerprint density at radius 1 is 0.957 bits per heavy atom. The fourth-order valence-corrected chi connectivity index (χ4v) is 3.29. The Hall–Kier alpha value is -2.01. The van der Waals surface area contributed by atoms with Gasteiger partial charge < -0.3 is 5.11 Å². The molecule has 0 saturated heterocycles. The zero-order chi connectivity index (χ0) is 15.9. The van der Waals surface area contributed by atoms with E-state index in [9.17, 15) is 5.11 Å². The van der Waals surface area contributed by atoms with Crippen LogP contribution in [-0.4, -0.2) is 21.5 Å². The van der Waals surface area contributed by atoms with Gasteiger partial charge in [0.1, 0.15) is 6.10 Å². The maximum absolute atomic E-state index is 10.5. The van der Waals surface area contributed by atoms with Gasteiger partial charge in [0.25, 0.3) is 0 Å². The Kier molecular flexibility index (Phi) is 5.53. The van der Waals surface area contributed by atoms with Gasteiger partial charge in [0.05, 0.1) is 0 Å². The number of pyridine rings is 1. The summed E-state index contributed by atoms with van der Waals surface area (Å²) in [5, 5.41) is 12.5. The lowest BCUT2D eigenvalue weighted by molar-refractivity contribution is 0.107. The highest BCUT2D eigenvalue weighted by Crippen LogP contribution is 2.21. The largest absolute Gasteiger partial charge is 0.386 e. The number of hydrogen-bond acceptors (Lipinski definition) is 4. The molecule has 3 nitrogen and oxygen atoms in total. The van der Waals surface area contributed by atoms with Crippen molar-refractivity contribution in [2.45, 2.75) is 19.2 Å². The quantitative estimate of drug-likeness (QED) is 0.716. The molecule has 0 aliphatic carbocycles. The number of rotatable bonds is 7. The van der Waals surface area contributed by atoms with Crippen molar-refractivity contribution in [1.82, 2.24) is 9.88 Å². The molecule has 0 saturated carbocycles. The number of thiophene rings is 1. The molecule has 23 heavy (non-hydrogen) atoms. The van der Waals surface area contributed by atoms with Crippen molar-refractivity contribution in [2.75, 3.05) is 6.54 Å². The van der Waals surface area contributed by atoms with Gasteiger partial charge in [-0.05, 0) is 28.6 Å². The van der Waals surface area contributed by atoms with E-state index in [-0.39, 0.29) is 0 Å². The summed E-state index contributed by atoms with van der Waals surface area (Å²) in [5.41, 5.74) is 2.40. The minimum Gasteiger partial charge on any atom is -0.386 e. The molecule has 1 N–H and O–H groups in total. The maximum Gasteiger partial charge on any atom is 0.101 e. The Labute approximate surface area is 140 Å². The van der Waals surface area contributed by atoms with Gasteiger partial charge in [0.15, 0.2) is 0 Å². The minimum atomic E-state index is -0.463. The summed E-state index contributed by atoms with van der Waals surface area (Å²) < 4.78 is 0. The molecule has 0 fully saturated rings. The Bertz CT molecular complexity index is 644. The monoisotopic (exact) mass is 324 g/mol. The van der Waals surface area contributed by atoms with Crippen LogP contribution in [-0.2, 0) is 13.1 Å². The van der Waals surface area contributed by atoms with Crippen molar-refractivity contribution in [3.63, 3.8) is 0 Å². The smallest absolute Gasteiger partial charge is 0.101 e. The van der Waals surface area contributed by atoms with Crippen molar-refractivity contribution in [2.24, 2.45) is 0 Å². The number of aromatic nitrogens is 1. The molecule has 1 aromatic carbocycles. The van der Waals surface area contributed by atoms with E-state index in [4.69, 9.17) is 0 Å². The van der Waals surface area contributed by atoms with Gasteiger partial charge in [-0.25, -0.2) is 0 Å². The van der Waals surface area contributed by atoms with E-state index in [1.54, 1.807) is 17.5 Å². The van der Waals surface area contributed by atoms with Gasteiger partial charge in [-0.3, -0.25) is 9.88 Å². The molecule has 0 radical (unpaired) electrons. The van der Waals surface area contributed by atoms with E-state index in [1.165, 1.54) is 5.56 Å². The normalized spacial score (nSPS) is 12.4. The first kappa shape index (κ1) is 15.9. The Morgan fingerprint density at radius 3 is 2.43 bits per heavy atom. The maximum atomic E-state index is 10.5. The molecule has 4 heteroatoms. The summed E-state index contributed by atoms with van der Waals surface area (Å²) in [6.45, 7) is 2.17. The second kappa shape index (κ2) is 8.02. The van der Waals surface area contributed by atoms with Crippen LogP contribution >= 0.6 is 11.3 Å². The van der Waals surface area contributed by atoms with Crippen molar-refractivity contribution >= 4 is 11.3 Å². The van der Waals surface area contributed by atoms with Crippen molar-refractivity contribution in [1.29, 1.82) is 0 Å². The van der Waals surface area contributed by atoms with Crippen molar-refractivity contribution in [3.8, 4) is 0 Å². The van der Waals surface area contributed by atoms with Crippen LogP contribution in [0.25, 0.3) is 0 Å². The van der Waals surface area contributed by atoms with Gasteiger partial charge in [0, 0.05) is 36.9 Å². The van der Waals surface area contributed by atoms with Crippen molar-refractivity contribution < 1.29 is 5.11 Å². The van der Waals surface area contributed by atoms with Crippen LogP contribution in [0.5, 0.6) is 0 Å². The van der Waals surface area contributed by atoms with Crippen LogP contribution < -0.4 is 0 Å². The molecule has 2 heterocycles. The lowest BCUT2D eigenvalue weighted by Crippen LogP contribution is -2.27. The first-order valence-electron chi connectivity index (χ1n) is 7.68. The van der Waals surface area contributed by atoms with Gasteiger partial charge in [-0.2, -0.15) is 0 Å². The summed E-state index contributed by atoms with van der Waals surface area (Å²) >= 11 is 1.60. The summed E-state index contributed by atoms with van der Waals surface area (Å²) in [6.07, 6.45) is 3.21. The van der Waals surface area contributed by atoms with E-state index in [2.05, 4.69) is 28.1 Å². The van der Waals surface area contributed by atoms with Crippen LogP contribution in [0.3, 0.4) is 0 Å². The number of aliphatic hydroxyl groups is 1. The highest BCUT2D eigenvalue weighted by atomic mass is 32.1. The topological polar surface area (TPSA) is 36.4 Å². The molecule has 0 spiro atoms. The van der Waals surface area contributed by atoms with Gasteiger partial charge in [-0.1, -0.05) is 42.5 Å². The lowest BCUT2D eigenvalue weighted by Gasteiger charge is -2.25. The number of aliphatic hydroxyl groups excluding tert-OH is 1. The summed E-state index contributed by atoms with van der Waals surface area (Å²) in [5.74, 6) is 0. The van der Waals surface area contributed by atoms with Crippen LogP contribution in [0.4, 0.5) is 0 Å².